The first-order valence-corrected chi connectivity index (χ1v) is 10.3. The van der Waals surface area contributed by atoms with Gasteiger partial charge in [-0.15, -0.1) is 6.42 Å². The topological polar surface area (TPSA) is 153 Å². The number of rotatable bonds is 9. The van der Waals surface area contributed by atoms with E-state index in [1.54, 1.807) is 0 Å². The molecule has 130 valence electrons. The third kappa shape index (κ3) is 14.6. The second-order valence-electron chi connectivity index (χ2n) is 5.57. The highest BCUT2D eigenvalue weighted by Gasteiger charge is 2.33. The molecule has 0 spiro atoms. The summed E-state index contributed by atoms with van der Waals surface area (Å²) < 4.78 is 5.41. The predicted molar refractivity (Wildman–Crippen MR) is 86.4 cm³/mol. The van der Waals surface area contributed by atoms with Crippen LogP contribution in [0.1, 0.15) is 12.8 Å². The van der Waals surface area contributed by atoms with E-state index in [2.05, 4.69) is 35.6 Å². The van der Waals surface area contributed by atoms with Crippen molar-refractivity contribution in [2.75, 3.05) is 13.2 Å². The van der Waals surface area contributed by atoms with Crippen LogP contribution >= 0.6 is 0 Å². The quantitative estimate of drug-likeness (QED) is 0.189. The third-order valence-corrected chi connectivity index (χ3v) is 4.69. The van der Waals surface area contributed by atoms with Gasteiger partial charge in [0, 0.05) is 4.91 Å². The van der Waals surface area contributed by atoms with Crippen molar-refractivity contribution in [3.05, 3.63) is 10.4 Å². The molecule has 0 aromatic heterocycles. The number of carboxylic acid groups (broad SMARTS) is 2. The van der Waals surface area contributed by atoms with Crippen LogP contribution in [0.15, 0.2) is 5.11 Å². The Hall–Kier alpha value is -2.05. The molecule has 9 nitrogen and oxygen atoms in total. The summed E-state index contributed by atoms with van der Waals surface area (Å²) in [6.07, 6.45) is 3.73. The van der Waals surface area contributed by atoms with Crippen LogP contribution < -0.4 is 0 Å². The maximum atomic E-state index is 9.78. The van der Waals surface area contributed by atoms with Crippen LogP contribution in [0.4, 0.5) is 0 Å². The molecule has 0 fully saturated rings. The first-order chi connectivity index (χ1) is 10.6. The standard InChI is InChI=1S/C9H17N3O2Si.C4H6O4/c1-5-6-14-9(15(2,3)4)8(13)7-11-12-10;5-3(6)1-2-4(7)8/h1,8-9,13H,6-7H2,2-4H3;1-2H2,(H,5,6)(H,7,8). The van der Waals surface area contributed by atoms with Crippen LogP contribution in [0.3, 0.4) is 0 Å². The van der Waals surface area contributed by atoms with Gasteiger partial charge >= 0.3 is 11.9 Å². The zero-order chi connectivity index (χ0) is 18.5. The molecule has 0 heterocycles. The van der Waals surface area contributed by atoms with Gasteiger partial charge in [0.05, 0.1) is 39.3 Å². The number of azide groups is 1. The fourth-order valence-electron chi connectivity index (χ4n) is 1.51. The van der Waals surface area contributed by atoms with Crippen LogP contribution in [0.5, 0.6) is 0 Å². The van der Waals surface area contributed by atoms with Crippen molar-refractivity contribution in [2.45, 2.75) is 44.3 Å². The van der Waals surface area contributed by atoms with Crippen molar-refractivity contribution in [3.8, 4) is 12.3 Å². The summed E-state index contributed by atoms with van der Waals surface area (Å²) in [6, 6.07) is 0. The Labute approximate surface area is 135 Å². The van der Waals surface area contributed by atoms with Crippen molar-refractivity contribution in [1.29, 1.82) is 0 Å². The van der Waals surface area contributed by atoms with Gasteiger partial charge in [0.15, 0.2) is 0 Å². The number of aliphatic hydroxyl groups excluding tert-OH is 1. The molecule has 0 aromatic rings. The summed E-state index contributed by atoms with van der Waals surface area (Å²) in [5.74, 6) is 0.214. The second kappa shape index (κ2) is 12.5. The summed E-state index contributed by atoms with van der Waals surface area (Å²) in [5.41, 5.74) is 7.85. The maximum Gasteiger partial charge on any atom is 0.303 e. The zero-order valence-corrected chi connectivity index (χ0v) is 14.5. The third-order valence-electron chi connectivity index (χ3n) is 2.43. The molecule has 0 aliphatic rings. The Morgan fingerprint density at radius 3 is 2.09 bits per heavy atom. The molecular weight excluding hydrogens is 322 g/mol. The molecule has 0 aliphatic heterocycles. The maximum absolute atomic E-state index is 9.78. The minimum atomic E-state index is -1.69. The van der Waals surface area contributed by atoms with E-state index in [-0.39, 0.29) is 31.7 Å². The highest BCUT2D eigenvalue weighted by Crippen LogP contribution is 2.15. The van der Waals surface area contributed by atoms with Crippen LogP contribution in [-0.2, 0) is 14.3 Å². The molecule has 23 heavy (non-hydrogen) atoms. The first kappa shape index (κ1) is 23.2. The van der Waals surface area contributed by atoms with E-state index in [1.165, 1.54) is 0 Å². The monoisotopic (exact) mass is 345 g/mol. The Kier molecular flexibility index (Phi) is 12.6. The van der Waals surface area contributed by atoms with Crippen LogP contribution in [0, 0.1) is 12.3 Å². The minimum absolute atomic E-state index is 0.0238. The van der Waals surface area contributed by atoms with Gasteiger partial charge in [-0.05, 0) is 5.53 Å². The summed E-state index contributed by atoms with van der Waals surface area (Å²) in [6.45, 7) is 6.38. The lowest BCUT2D eigenvalue weighted by atomic mass is 10.3. The number of aliphatic carboxylic acids is 2. The second-order valence-corrected chi connectivity index (χ2v) is 10.9. The van der Waals surface area contributed by atoms with E-state index >= 15 is 0 Å². The molecule has 10 heteroatoms. The summed E-state index contributed by atoms with van der Waals surface area (Å²) in [5, 5.41) is 28.9. The van der Waals surface area contributed by atoms with Gasteiger partial charge < -0.3 is 20.1 Å². The van der Waals surface area contributed by atoms with Gasteiger partial charge in [-0.2, -0.15) is 0 Å². The van der Waals surface area contributed by atoms with Crippen molar-refractivity contribution < 1.29 is 29.6 Å². The molecule has 0 aliphatic carbocycles. The largest absolute Gasteiger partial charge is 0.481 e. The van der Waals surface area contributed by atoms with Gasteiger partial charge in [-0.3, -0.25) is 9.59 Å². The molecular formula is C13H23N3O6Si. The fourth-order valence-corrected chi connectivity index (χ4v) is 3.35. The smallest absolute Gasteiger partial charge is 0.303 e. The highest BCUT2D eigenvalue weighted by molar-refractivity contribution is 6.77. The number of nitrogens with zero attached hydrogens (tertiary/aromatic N) is 3. The lowest BCUT2D eigenvalue weighted by Gasteiger charge is -2.31. The number of ether oxygens (including phenoxy) is 1. The molecule has 0 saturated heterocycles. The average Bonchev–Trinajstić information content (AvgIpc) is 2.42. The molecule has 2 unspecified atom stereocenters. The molecule has 0 saturated carbocycles. The van der Waals surface area contributed by atoms with E-state index in [0.29, 0.717) is 0 Å². The Balaban J connectivity index is 0. The predicted octanol–water partition coefficient (Wildman–Crippen LogP) is 1.49. The van der Waals surface area contributed by atoms with Crippen molar-refractivity contribution in [1.82, 2.24) is 0 Å². The highest BCUT2D eigenvalue weighted by atomic mass is 28.3. The first-order valence-electron chi connectivity index (χ1n) is 6.73. The van der Waals surface area contributed by atoms with Gasteiger partial charge in [-0.25, -0.2) is 0 Å². The summed E-state index contributed by atoms with van der Waals surface area (Å²) >= 11 is 0. The van der Waals surface area contributed by atoms with Crippen molar-refractivity contribution in [3.63, 3.8) is 0 Å². The van der Waals surface area contributed by atoms with Crippen molar-refractivity contribution in [2.24, 2.45) is 5.11 Å². The number of terminal acetylenes is 1. The number of hydrogen-bond donors (Lipinski definition) is 3. The molecule has 0 aromatic carbocycles. The number of hydrogen-bond acceptors (Lipinski definition) is 5. The number of aliphatic hydroxyl groups is 1. The molecule has 0 bridgehead atoms. The van der Waals surface area contributed by atoms with Gasteiger partial charge in [-0.1, -0.05) is 30.7 Å². The van der Waals surface area contributed by atoms with Crippen molar-refractivity contribution >= 4 is 20.0 Å². The number of carboxylic acids is 2. The van der Waals surface area contributed by atoms with E-state index in [1.807, 2.05) is 0 Å². The Morgan fingerprint density at radius 2 is 1.78 bits per heavy atom. The van der Waals surface area contributed by atoms with E-state index in [0.717, 1.165) is 0 Å². The van der Waals surface area contributed by atoms with Crippen LogP contribution in [-0.4, -0.2) is 60.3 Å². The molecule has 0 radical (unpaired) electrons. The minimum Gasteiger partial charge on any atom is -0.481 e. The normalized spacial score (nSPS) is 12.7. The van der Waals surface area contributed by atoms with Gasteiger partial charge in [0.25, 0.3) is 0 Å². The molecule has 0 amide bonds. The lowest BCUT2D eigenvalue weighted by molar-refractivity contribution is -0.143. The molecule has 2 atom stereocenters. The van der Waals surface area contributed by atoms with Crippen LogP contribution in [0.25, 0.3) is 10.4 Å². The van der Waals surface area contributed by atoms with E-state index in [4.69, 9.17) is 26.9 Å². The summed E-state index contributed by atoms with van der Waals surface area (Å²) in [7, 11) is -1.69. The van der Waals surface area contributed by atoms with E-state index < -0.39 is 26.1 Å². The number of carbonyl (C=O) groups is 2. The zero-order valence-electron chi connectivity index (χ0n) is 13.5. The molecule has 0 rings (SSSR count). The SMILES string of the molecule is C#CCOC(C(O)CN=[N+]=[N-])[Si](C)(C)C.O=C(O)CCC(=O)O. The average molecular weight is 345 g/mol. The summed E-state index contributed by atoms with van der Waals surface area (Å²) in [4.78, 5) is 21.9. The Morgan fingerprint density at radius 1 is 1.30 bits per heavy atom. The molecule has 3 N–H and O–H groups in total. The van der Waals surface area contributed by atoms with Gasteiger partial charge in [0.2, 0.25) is 0 Å². The van der Waals surface area contributed by atoms with E-state index in [9.17, 15) is 14.7 Å². The fraction of sp³-hybridized carbons (Fsp3) is 0.692. The van der Waals surface area contributed by atoms with Gasteiger partial charge in [0.1, 0.15) is 6.61 Å². The van der Waals surface area contributed by atoms with Crippen LogP contribution in [0.2, 0.25) is 19.6 Å². The lowest BCUT2D eigenvalue weighted by Crippen LogP contribution is -2.49. The Bertz CT molecular complexity index is 451.